The molecule has 1 nitrogen and oxygen atoms in total. The lowest BCUT2D eigenvalue weighted by Gasteiger charge is -2.22. The van der Waals surface area contributed by atoms with Crippen LogP contribution in [0.3, 0.4) is 0 Å². The van der Waals surface area contributed by atoms with Gasteiger partial charge >= 0.3 is 0 Å². The second-order valence-corrected chi connectivity index (χ2v) is 6.78. The third-order valence-electron chi connectivity index (χ3n) is 3.13. The zero-order chi connectivity index (χ0) is 14.5. The lowest BCUT2D eigenvalue weighted by molar-refractivity contribution is 0.677. The minimum atomic E-state index is 0.271. The van der Waals surface area contributed by atoms with Gasteiger partial charge in [-0.1, -0.05) is 43.1 Å². The highest BCUT2D eigenvalue weighted by molar-refractivity contribution is 9.11. The minimum absolute atomic E-state index is 0.271. The first-order chi connectivity index (χ1) is 9.61. The van der Waals surface area contributed by atoms with Crippen molar-refractivity contribution < 1.29 is 0 Å². The van der Waals surface area contributed by atoms with Crippen molar-refractivity contribution in [2.45, 2.75) is 25.8 Å². The zero-order valence-corrected chi connectivity index (χ0v) is 15.1. The Kier molecular flexibility index (Phi) is 5.94. The molecule has 0 bridgehead atoms. The van der Waals surface area contributed by atoms with Gasteiger partial charge in [-0.15, -0.1) is 0 Å². The van der Waals surface area contributed by atoms with Gasteiger partial charge in [-0.3, -0.25) is 0 Å². The van der Waals surface area contributed by atoms with E-state index in [2.05, 4.69) is 56.2 Å². The van der Waals surface area contributed by atoms with E-state index < -0.39 is 0 Å². The van der Waals surface area contributed by atoms with Gasteiger partial charge in [-0.25, -0.2) is 0 Å². The SMILES string of the molecule is CCCC(Nc1c(Br)cccc1Br)c1ccc(Cl)cc1. The third kappa shape index (κ3) is 4.00. The second-order valence-electron chi connectivity index (χ2n) is 4.63. The molecule has 20 heavy (non-hydrogen) atoms. The zero-order valence-electron chi connectivity index (χ0n) is 11.2. The number of rotatable bonds is 5. The van der Waals surface area contributed by atoms with Crippen LogP contribution in [0.1, 0.15) is 31.4 Å². The van der Waals surface area contributed by atoms with Crippen molar-refractivity contribution in [3.63, 3.8) is 0 Å². The van der Waals surface area contributed by atoms with Gasteiger partial charge in [-0.05, 0) is 68.1 Å². The van der Waals surface area contributed by atoms with E-state index in [1.54, 1.807) is 0 Å². The molecule has 0 aliphatic rings. The Hall–Kier alpha value is -0.510. The summed E-state index contributed by atoms with van der Waals surface area (Å²) in [6, 6.07) is 14.4. The van der Waals surface area contributed by atoms with Crippen LogP contribution in [0.5, 0.6) is 0 Å². The Bertz CT molecular complexity index is 549. The lowest BCUT2D eigenvalue weighted by Crippen LogP contribution is -2.11. The summed E-state index contributed by atoms with van der Waals surface area (Å²) in [5, 5.41) is 4.38. The topological polar surface area (TPSA) is 12.0 Å². The van der Waals surface area contributed by atoms with Crippen molar-refractivity contribution >= 4 is 49.1 Å². The van der Waals surface area contributed by atoms with Crippen LogP contribution in [0.25, 0.3) is 0 Å². The molecule has 2 aromatic rings. The van der Waals surface area contributed by atoms with E-state index in [-0.39, 0.29) is 6.04 Å². The number of hydrogen-bond acceptors (Lipinski definition) is 1. The fourth-order valence-electron chi connectivity index (χ4n) is 2.12. The molecular formula is C16H16Br2ClN. The predicted octanol–water partition coefficient (Wildman–Crippen LogP) is 6.82. The molecule has 0 spiro atoms. The number of nitrogens with one attached hydrogen (secondary N) is 1. The molecular weight excluding hydrogens is 401 g/mol. The molecule has 0 aromatic heterocycles. The van der Waals surface area contributed by atoms with E-state index in [1.807, 2.05) is 30.3 Å². The largest absolute Gasteiger partial charge is 0.376 e. The summed E-state index contributed by atoms with van der Waals surface area (Å²) in [6.45, 7) is 2.19. The molecule has 0 fully saturated rings. The van der Waals surface area contributed by atoms with Gasteiger partial charge in [0.25, 0.3) is 0 Å². The molecule has 1 atom stereocenters. The third-order valence-corrected chi connectivity index (χ3v) is 4.70. The van der Waals surface area contributed by atoms with Gasteiger partial charge in [0.2, 0.25) is 0 Å². The molecule has 0 radical (unpaired) electrons. The molecule has 4 heteroatoms. The average Bonchev–Trinajstić information content (AvgIpc) is 2.43. The van der Waals surface area contributed by atoms with Crippen LogP contribution in [0, 0.1) is 0 Å². The standard InChI is InChI=1S/C16H16Br2ClN/c1-2-4-15(11-7-9-12(19)10-8-11)20-16-13(17)5-3-6-14(16)18/h3,5-10,15,20H,2,4H2,1H3. The maximum absolute atomic E-state index is 5.97. The van der Waals surface area contributed by atoms with Gasteiger partial charge < -0.3 is 5.32 Å². The van der Waals surface area contributed by atoms with Gasteiger partial charge in [0.15, 0.2) is 0 Å². The Morgan fingerprint density at radius 1 is 1.05 bits per heavy atom. The van der Waals surface area contributed by atoms with Gasteiger partial charge in [0.05, 0.1) is 11.7 Å². The fourth-order valence-corrected chi connectivity index (χ4v) is 3.47. The summed E-state index contributed by atoms with van der Waals surface area (Å²) >= 11 is 13.2. The summed E-state index contributed by atoms with van der Waals surface area (Å²) in [5.74, 6) is 0. The molecule has 0 aliphatic carbocycles. The Labute approximate surface area is 142 Å². The number of para-hydroxylation sites is 1. The lowest BCUT2D eigenvalue weighted by atomic mass is 10.0. The smallest absolute Gasteiger partial charge is 0.0633 e. The van der Waals surface area contributed by atoms with E-state index in [0.717, 1.165) is 32.5 Å². The van der Waals surface area contributed by atoms with Crippen LogP contribution >= 0.6 is 43.5 Å². The minimum Gasteiger partial charge on any atom is -0.376 e. The van der Waals surface area contributed by atoms with Crippen LogP contribution in [-0.2, 0) is 0 Å². The monoisotopic (exact) mass is 415 g/mol. The second kappa shape index (κ2) is 7.48. The van der Waals surface area contributed by atoms with E-state index in [0.29, 0.717) is 0 Å². The van der Waals surface area contributed by atoms with E-state index in [1.165, 1.54) is 5.56 Å². The van der Waals surface area contributed by atoms with Crippen LogP contribution in [0.15, 0.2) is 51.4 Å². The van der Waals surface area contributed by atoms with Gasteiger partial charge in [0, 0.05) is 14.0 Å². The fraction of sp³-hybridized carbons (Fsp3) is 0.250. The Morgan fingerprint density at radius 3 is 2.20 bits per heavy atom. The number of benzene rings is 2. The molecule has 2 rings (SSSR count). The molecule has 1 N–H and O–H groups in total. The molecule has 0 saturated carbocycles. The highest BCUT2D eigenvalue weighted by Gasteiger charge is 2.13. The molecule has 0 aliphatic heterocycles. The first-order valence-corrected chi connectivity index (χ1v) is 8.54. The maximum atomic E-state index is 5.97. The van der Waals surface area contributed by atoms with Crippen molar-refractivity contribution in [3.05, 3.63) is 62.0 Å². The van der Waals surface area contributed by atoms with Crippen LogP contribution in [0.2, 0.25) is 5.02 Å². The predicted molar refractivity (Wildman–Crippen MR) is 94.6 cm³/mol. The molecule has 0 saturated heterocycles. The van der Waals surface area contributed by atoms with Crippen LogP contribution in [0.4, 0.5) is 5.69 Å². The molecule has 0 amide bonds. The van der Waals surface area contributed by atoms with E-state index >= 15 is 0 Å². The molecule has 0 heterocycles. The molecule has 2 aromatic carbocycles. The number of anilines is 1. The summed E-state index contributed by atoms with van der Waals surface area (Å²) in [6.07, 6.45) is 2.18. The molecule has 1 unspecified atom stereocenters. The summed E-state index contributed by atoms with van der Waals surface area (Å²) in [4.78, 5) is 0. The normalized spacial score (nSPS) is 12.2. The van der Waals surface area contributed by atoms with Crippen molar-refractivity contribution in [2.24, 2.45) is 0 Å². The highest BCUT2D eigenvalue weighted by atomic mass is 79.9. The first-order valence-electron chi connectivity index (χ1n) is 6.58. The van der Waals surface area contributed by atoms with Crippen molar-refractivity contribution in [3.8, 4) is 0 Å². The number of halogens is 3. The number of hydrogen-bond donors (Lipinski definition) is 1. The Balaban J connectivity index is 2.28. The van der Waals surface area contributed by atoms with E-state index in [9.17, 15) is 0 Å². The van der Waals surface area contributed by atoms with Crippen LogP contribution < -0.4 is 5.32 Å². The van der Waals surface area contributed by atoms with Gasteiger partial charge in [-0.2, -0.15) is 0 Å². The van der Waals surface area contributed by atoms with Crippen molar-refractivity contribution in [1.29, 1.82) is 0 Å². The maximum Gasteiger partial charge on any atom is 0.0633 e. The summed E-state index contributed by atoms with van der Waals surface area (Å²) < 4.78 is 2.11. The van der Waals surface area contributed by atoms with E-state index in [4.69, 9.17) is 11.6 Å². The first kappa shape index (κ1) is 15.9. The average molecular weight is 418 g/mol. The highest BCUT2D eigenvalue weighted by Crippen LogP contribution is 2.35. The summed E-state index contributed by atoms with van der Waals surface area (Å²) in [7, 11) is 0. The van der Waals surface area contributed by atoms with Crippen LogP contribution in [-0.4, -0.2) is 0 Å². The van der Waals surface area contributed by atoms with Crippen molar-refractivity contribution in [2.75, 3.05) is 5.32 Å². The molecule has 106 valence electrons. The van der Waals surface area contributed by atoms with Gasteiger partial charge in [0.1, 0.15) is 0 Å². The summed E-state index contributed by atoms with van der Waals surface area (Å²) in [5.41, 5.74) is 2.33. The van der Waals surface area contributed by atoms with Crippen molar-refractivity contribution in [1.82, 2.24) is 0 Å². The Morgan fingerprint density at radius 2 is 1.65 bits per heavy atom. The quantitative estimate of drug-likeness (QED) is 0.563.